The molecule has 0 saturated carbocycles. The van der Waals surface area contributed by atoms with E-state index in [1.165, 1.54) is 70.6 Å². The minimum Gasteiger partial charge on any atom is -0.456 e. The molecule has 0 spiro atoms. The first-order valence-electron chi connectivity index (χ1n) is 15.5. The van der Waals surface area contributed by atoms with E-state index < -0.39 is 0 Å². The van der Waals surface area contributed by atoms with E-state index in [1.54, 1.807) is 0 Å². The van der Waals surface area contributed by atoms with Gasteiger partial charge in [-0.25, -0.2) is 0 Å². The zero-order valence-corrected chi connectivity index (χ0v) is 24.4. The average molecular weight is 571 g/mol. The Morgan fingerprint density at radius 2 is 0.800 bits per heavy atom. The first-order chi connectivity index (χ1) is 22.3. The Morgan fingerprint density at radius 3 is 1.49 bits per heavy atom. The molecule has 0 saturated heterocycles. The first kappa shape index (κ1) is 24.5. The molecule has 208 valence electrons. The van der Waals surface area contributed by atoms with E-state index in [-0.39, 0.29) is 0 Å². The van der Waals surface area contributed by atoms with Crippen LogP contribution in [-0.2, 0) is 0 Å². The van der Waals surface area contributed by atoms with Crippen molar-refractivity contribution >= 4 is 75.8 Å². The molecular formula is C44H26O. The minimum atomic E-state index is 0.913. The maximum Gasteiger partial charge on any atom is 0.136 e. The van der Waals surface area contributed by atoms with Gasteiger partial charge in [0.1, 0.15) is 11.2 Å². The van der Waals surface area contributed by atoms with E-state index in [2.05, 4.69) is 158 Å². The number of benzene rings is 9. The van der Waals surface area contributed by atoms with E-state index in [4.69, 9.17) is 4.42 Å². The second-order valence-corrected chi connectivity index (χ2v) is 12.0. The fourth-order valence-electron chi connectivity index (χ4n) is 7.61. The number of furan rings is 1. The fraction of sp³-hybridized carbons (Fsp3) is 0. The molecule has 0 bridgehead atoms. The SMILES string of the molecule is c1ccc2cc3c(cc2c1)oc1cc(-c2c4ccccc4c(-c4cc5ccccc5c5ccccc45)c4ccccc24)ccc13. The summed E-state index contributed by atoms with van der Waals surface area (Å²) < 4.78 is 6.53. The monoisotopic (exact) mass is 570 g/mol. The molecule has 0 fully saturated rings. The van der Waals surface area contributed by atoms with Crippen LogP contribution in [0.4, 0.5) is 0 Å². The van der Waals surface area contributed by atoms with Crippen molar-refractivity contribution < 1.29 is 4.42 Å². The highest BCUT2D eigenvalue weighted by Crippen LogP contribution is 2.47. The molecule has 0 aliphatic heterocycles. The van der Waals surface area contributed by atoms with Gasteiger partial charge >= 0.3 is 0 Å². The highest BCUT2D eigenvalue weighted by Gasteiger charge is 2.19. The van der Waals surface area contributed by atoms with Crippen LogP contribution < -0.4 is 0 Å². The Bertz CT molecular complexity index is 2760. The molecule has 0 atom stereocenters. The van der Waals surface area contributed by atoms with Gasteiger partial charge in [0.25, 0.3) is 0 Å². The Labute approximate surface area is 259 Å². The minimum absolute atomic E-state index is 0.913. The third-order valence-corrected chi connectivity index (χ3v) is 9.60. The normalized spacial score (nSPS) is 12.0. The highest BCUT2D eigenvalue weighted by molar-refractivity contribution is 6.26. The van der Waals surface area contributed by atoms with Gasteiger partial charge < -0.3 is 4.42 Å². The van der Waals surface area contributed by atoms with Gasteiger partial charge in [-0.3, -0.25) is 0 Å². The molecule has 1 heteroatoms. The second kappa shape index (κ2) is 9.29. The van der Waals surface area contributed by atoms with Gasteiger partial charge in [-0.1, -0.05) is 127 Å². The fourth-order valence-corrected chi connectivity index (χ4v) is 7.61. The molecular weight excluding hydrogens is 544 g/mol. The van der Waals surface area contributed by atoms with Gasteiger partial charge in [-0.05, 0) is 106 Å². The molecule has 0 amide bonds. The van der Waals surface area contributed by atoms with Gasteiger partial charge in [0.2, 0.25) is 0 Å². The van der Waals surface area contributed by atoms with Crippen LogP contribution in [0.5, 0.6) is 0 Å². The summed E-state index contributed by atoms with van der Waals surface area (Å²) in [4.78, 5) is 0. The summed E-state index contributed by atoms with van der Waals surface area (Å²) in [5.41, 5.74) is 6.78. The van der Waals surface area contributed by atoms with Crippen molar-refractivity contribution in [3.05, 3.63) is 158 Å². The molecule has 0 radical (unpaired) electrons. The van der Waals surface area contributed by atoms with Crippen molar-refractivity contribution in [1.82, 2.24) is 0 Å². The molecule has 10 rings (SSSR count). The van der Waals surface area contributed by atoms with E-state index in [0.717, 1.165) is 27.5 Å². The quantitative estimate of drug-likeness (QED) is 0.149. The zero-order chi connectivity index (χ0) is 29.5. The first-order valence-corrected chi connectivity index (χ1v) is 15.5. The molecule has 0 unspecified atom stereocenters. The van der Waals surface area contributed by atoms with E-state index >= 15 is 0 Å². The van der Waals surface area contributed by atoms with Crippen LogP contribution in [0.2, 0.25) is 0 Å². The van der Waals surface area contributed by atoms with Gasteiger partial charge in [-0.2, -0.15) is 0 Å². The lowest BCUT2D eigenvalue weighted by Crippen LogP contribution is -1.92. The molecule has 45 heavy (non-hydrogen) atoms. The lowest BCUT2D eigenvalue weighted by Gasteiger charge is -2.19. The van der Waals surface area contributed by atoms with Gasteiger partial charge in [0.05, 0.1) is 0 Å². The third-order valence-electron chi connectivity index (χ3n) is 9.60. The lowest BCUT2D eigenvalue weighted by atomic mass is 9.84. The van der Waals surface area contributed by atoms with Crippen molar-refractivity contribution in [2.75, 3.05) is 0 Å². The second-order valence-electron chi connectivity index (χ2n) is 12.0. The predicted octanol–water partition coefficient (Wildman–Crippen LogP) is 12.7. The Morgan fingerprint density at radius 1 is 0.289 bits per heavy atom. The molecule has 1 nitrogen and oxygen atoms in total. The zero-order valence-electron chi connectivity index (χ0n) is 24.4. The molecule has 10 aromatic rings. The summed E-state index contributed by atoms with van der Waals surface area (Å²) in [6, 6.07) is 57.4. The van der Waals surface area contributed by atoms with Crippen LogP contribution in [0.3, 0.4) is 0 Å². The van der Waals surface area contributed by atoms with Gasteiger partial charge in [0.15, 0.2) is 0 Å². The summed E-state index contributed by atoms with van der Waals surface area (Å²) in [5, 5.41) is 14.8. The molecule has 1 aromatic heterocycles. The topological polar surface area (TPSA) is 13.1 Å². The molecule has 9 aromatic carbocycles. The van der Waals surface area contributed by atoms with E-state index in [0.29, 0.717) is 0 Å². The van der Waals surface area contributed by atoms with Crippen molar-refractivity contribution in [1.29, 1.82) is 0 Å². The van der Waals surface area contributed by atoms with E-state index in [1.807, 2.05) is 0 Å². The van der Waals surface area contributed by atoms with Gasteiger partial charge in [0, 0.05) is 10.8 Å². The summed E-state index contributed by atoms with van der Waals surface area (Å²) in [6.07, 6.45) is 0. The standard InChI is InChI=1S/C44H26O/c1-2-12-28-25-42-39(23-27(28)11-1)34-22-21-30(26-41(34)45-42)43-35-17-7-9-19-37(35)44(38-20-10-8-18-36(38)43)40-24-29-13-3-4-14-31(29)32-15-5-6-16-33(32)40/h1-26H. The summed E-state index contributed by atoms with van der Waals surface area (Å²) in [6.45, 7) is 0. The van der Waals surface area contributed by atoms with Crippen LogP contribution in [-0.4, -0.2) is 0 Å². The largest absolute Gasteiger partial charge is 0.456 e. The summed E-state index contributed by atoms with van der Waals surface area (Å²) in [7, 11) is 0. The summed E-state index contributed by atoms with van der Waals surface area (Å²) >= 11 is 0. The van der Waals surface area contributed by atoms with Crippen molar-refractivity contribution in [2.45, 2.75) is 0 Å². The Hall–Kier alpha value is -5.92. The predicted molar refractivity (Wildman–Crippen MR) is 192 cm³/mol. The van der Waals surface area contributed by atoms with Crippen molar-refractivity contribution in [3.8, 4) is 22.3 Å². The number of hydrogen-bond donors (Lipinski definition) is 0. The molecule has 1 heterocycles. The number of rotatable bonds is 2. The third kappa shape index (κ3) is 3.56. The number of fused-ring (bicyclic) bond motifs is 9. The van der Waals surface area contributed by atoms with Crippen molar-refractivity contribution in [3.63, 3.8) is 0 Å². The summed E-state index contributed by atoms with van der Waals surface area (Å²) in [5.74, 6) is 0. The van der Waals surface area contributed by atoms with Crippen molar-refractivity contribution in [2.24, 2.45) is 0 Å². The van der Waals surface area contributed by atoms with Gasteiger partial charge in [-0.15, -0.1) is 0 Å². The van der Waals surface area contributed by atoms with Crippen LogP contribution in [0.1, 0.15) is 0 Å². The molecule has 0 aliphatic carbocycles. The van der Waals surface area contributed by atoms with Crippen LogP contribution in [0.25, 0.3) is 98.1 Å². The van der Waals surface area contributed by atoms with Crippen LogP contribution >= 0.6 is 0 Å². The lowest BCUT2D eigenvalue weighted by molar-refractivity contribution is 0.669. The maximum absolute atomic E-state index is 6.53. The molecule has 0 aliphatic rings. The number of hydrogen-bond acceptors (Lipinski definition) is 1. The smallest absolute Gasteiger partial charge is 0.136 e. The van der Waals surface area contributed by atoms with Crippen LogP contribution in [0, 0.1) is 0 Å². The highest BCUT2D eigenvalue weighted by atomic mass is 16.3. The van der Waals surface area contributed by atoms with Crippen LogP contribution in [0.15, 0.2) is 162 Å². The van der Waals surface area contributed by atoms with E-state index in [9.17, 15) is 0 Å². The Kier molecular flexibility index (Phi) is 5.06. The maximum atomic E-state index is 6.53. The Balaban J connectivity index is 1.30. The average Bonchev–Trinajstić information content (AvgIpc) is 3.45. The molecule has 0 N–H and O–H groups in total.